The predicted molar refractivity (Wildman–Crippen MR) is 89.0 cm³/mol. The molecular weight excluding hydrogens is 314 g/mol. The number of rotatable bonds is 2. The lowest BCUT2D eigenvalue weighted by Gasteiger charge is -2.36. The van der Waals surface area contributed by atoms with Crippen molar-refractivity contribution in [3.63, 3.8) is 0 Å². The van der Waals surface area contributed by atoms with E-state index in [9.17, 15) is 13.2 Å². The number of carbonyl (C=O) groups excluding carboxylic acids is 1. The van der Waals surface area contributed by atoms with Crippen LogP contribution in [0.1, 0.15) is 19.4 Å². The van der Waals surface area contributed by atoms with Gasteiger partial charge in [0.15, 0.2) is 0 Å². The van der Waals surface area contributed by atoms with Gasteiger partial charge in [-0.15, -0.1) is 0 Å². The third-order valence-electron chi connectivity index (χ3n) is 4.89. The topological polar surface area (TPSA) is 60.9 Å². The summed E-state index contributed by atoms with van der Waals surface area (Å²) in [5.74, 6) is -0.00718. The Morgan fingerprint density at radius 3 is 2.61 bits per heavy atom. The Balaban J connectivity index is 1.89. The fraction of sp³-hybridized carbons (Fsp3) is 0.562. The first-order valence-corrected chi connectivity index (χ1v) is 9.36. The summed E-state index contributed by atoms with van der Waals surface area (Å²) in [5, 5.41) is 0. The number of nitrogens with zero attached hydrogens (tertiary/aromatic N) is 3. The van der Waals surface area contributed by atoms with E-state index in [-0.39, 0.29) is 11.9 Å². The van der Waals surface area contributed by atoms with Crippen LogP contribution in [0.2, 0.25) is 0 Å². The molecule has 2 heterocycles. The number of benzene rings is 1. The van der Waals surface area contributed by atoms with Crippen molar-refractivity contribution in [2.75, 3.05) is 38.1 Å². The normalized spacial score (nSPS) is 23.1. The average Bonchev–Trinajstić information content (AvgIpc) is 2.93. The molecule has 6 nitrogen and oxygen atoms in total. The highest BCUT2D eigenvalue weighted by molar-refractivity contribution is 7.89. The quantitative estimate of drug-likeness (QED) is 0.805. The minimum Gasteiger partial charge on any atom is -0.312 e. The molecule has 0 aliphatic carbocycles. The van der Waals surface area contributed by atoms with Gasteiger partial charge in [-0.05, 0) is 44.2 Å². The predicted octanol–water partition coefficient (Wildman–Crippen LogP) is 0.920. The molecule has 0 aromatic heterocycles. The number of hydrogen-bond acceptors (Lipinski definition) is 4. The standard InChI is InChI=1S/C16H23N3O3S/c1-12-11-18(9-8-17(12)3)23(21,22)15-4-5-16-14(10-15)6-7-19(16)13(2)20/h4-5,10,12H,6-9,11H2,1-3H3. The van der Waals surface area contributed by atoms with Crippen molar-refractivity contribution in [3.05, 3.63) is 23.8 Å². The Labute approximate surface area is 137 Å². The molecular formula is C16H23N3O3S. The Morgan fingerprint density at radius 2 is 1.96 bits per heavy atom. The summed E-state index contributed by atoms with van der Waals surface area (Å²) in [6.45, 7) is 5.96. The van der Waals surface area contributed by atoms with Crippen LogP contribution in [-0.4, -0.2) is 62.8 Å². The van der Waals surface area contributed by atoms with Crippen LogP contribution < -0.4 is 4.90 Å². The fourth-order valence-electron chi connectivity index (χ4n) is 3.25. The van der Waals surface area contributed by atoms with Crippen LogP contribution in [0.5, 0.6) is 0 Å². The summed E-state index contributed by atoms with van der Waals surface area (Å²) >= 11 is 0. The van der Waals surface area contributed by atoms with E-state index in [1.165, 1.54) is 6.92 Å². The lowest BCUT2D eigenvalue weighted by Crippen LogP contribution is -2.51. The third-order valence-corrected chi connectivity index (χ3v) is 6.75. The summed E-state index contributed by atoms with van der Waals surface area (Å²) in [7, 11) is -1.46. The summed E-state index contributed by atoms with van der Waals surface area (Å²) in [4.78, 5) is 15.8. The van der Waals surface area contributed by atoms with E-state index in [2.05, 4.69) is 4.90 Å². The number of piperazine rings is 1. The molecule has 1 amide bonds. The summed E-state index contributed by atoms with van der Waals surface area (Å²) in [6.07, 6.45) is 0.706. The molecule has 1 atom stereocenters. The molecule has 1 fully saturated rings. The SMILES string of the molecule is CC(=O)N1CCc2cc(S(=O)(=O)N3CCN(C)C(C)C3)ccc21. The Morgan fingerprint density at radius 1 is 1.22 bits per heavy atom. The van der Waals surface area contributed by atoms with E-state index in [1.54, 1.807) is 27.4 Å². The van der Waals surface area contributed by atoms with Gasteiger partial charge in [0, 0.05) is 44.8 Å². The highest BCUT2D eigenvalue weighted by Gasteiger charge is 2.32. The summed E-state index contributed by atoms with van der Waals surface area (Å²) in [5.41, 5.74) is 1.77. The number of anilines is 1. The second-order valence-corrected chi connectivity index (χ2v) is 8.34. The van der Waals surface area contributed by atoms with Crippen LogP contribution in [-0.2, 0) is 21.2 Å². The molecule has 2 aliphatic rings. The maximum Gasteiger partial charge on any atom is 0.243 e. The molecule has 0 radical (unpaired) electrons. The van der Waals surface area contributed by atoms with Gasteiger partial charge >= 0.3 is 0 Å². The molecule has 1 aromatic rings. The monoisotopic (exact) mass is 337 g/mol. The summed E-state index contributed by atoms with van der Waals surface area (Å²) in [6, 6.07) is 5.33. The van der Waals surface area contributed by atoms with Gasteiger partial charge < -0.3 is 9.80 Å². The zero-order valence-corrected chi connectivity index (χ0v) is 14.6. The minimum absolute atomic E-state index is 0.00718. The van der Waals surface area contributed by atoms with E-state index < -0.39 is 10.0 Å². The zero-order valence-electron chi connectivity index (χ0n) is 13.8. The maximum atomic E-state index is 12.9. The highest BCUT2D eigenvalue weighted by atomic mass is 32.2. The first-order chi connectivity index (χ1) is 10.8. The minimum atomic E-state index is -3.47. The molecule has 1 saturated heterocycles. The number of likely N-dealkylation sites (N-methyl/N-ethyl adjacent to an activating group) is 1. The first kappa shape index (κ1) is 16.4. The van der Waals surface area contributed by atoms with E-state index in [4.69, 9.17) is 0 Å². The van der Waals surface area contributed by atoms with Crippen LogP contribution in [0.4, 0.5) is 5.69 Å². The molecule has 0 N–H and O–H groups in total. The molecule has 23 heavy (non-hydrogen) atoms. The van der Waals surface area contributed by atoms with Crippen LogP contribution in [0.15, 0.2) is 23.1 Å². The average molecular weight is 337 g/mol. The van der Waals surface area contributed by atoms with Crippen molar-refractivity contribution < 1.29 is 13.2 Å². The maximum absolute atomic E-state index is 12.9. The second-order valence-electron chi connectivity index (χ2n) is 6.40. The Bertz CT molecular complexity index is 732. The van der Waals surface area contributed by atoms with Crippen molar-refractivity contribution >= 4 is 21.6 Å². The summed E-state index contributed by atoms with van der Waals surface area (Å²) < 4.78 is 27.3. The highest BCUT2D eigenvalue weighted by Crippen LogP contribution is 2.31. The van der Waals surface area contributed by atoms with Crippen molar-refractivity contribution in [3.8, 4) is 0 Å². The van der Waals surface area contributed by atoms with Crippen LogP contribution in [0.25, 0.3) is 0 Å². The van der Waals surface area contributed by atoms with Gasteiger partial charge in [-0.2, -0.15) is 4.31 Å². The molecule has 0 saturated carbocycles. The van der Waals surface area contributed by atoms with E-state index in [1.807, 2.05) is 14.0 Å². The Hall–Kier alpha value is -1.44. The first-order valence-electron chi connectivity index (χ1n) is 7.92. The number of sulfonamides is 1. The molecule has 0 bridgehead atoms. The van der Waals surface area contributed by atoms with Gasteiger partial charge in [0.05, 0.1) is 4.90 Å². The lowest BCUT2D eigenvalue weighted by molar-refractivity contribution is -0.116. The zero-order chi connectivity index (χ0) is 16.8. The van der Waals surface area contributed by atoms with Gasteiger partial charge in [0.25, 0.3) is 0 Å². The smallest absolute Gasteiger partial charge is 0.243 e. The van der Waals surface area contributed by atoms with Crippen LogP contribution in [0.3, 0.4) is 0 Å². The van der Waals surface area contributed by atoms with Gasteiger partial charge in [-0.25, -0.2) is 8.42 Å². The third kappa shape index (κ3) is 2.88. The molecule has 126 valence electrons. The van der Waals surface area contributed by atoms with Gasteiger partial charge in [-0.3, -0.25) is 4.79 Å². The number of fused-ring (bicyclic) bond motifs is 1. The van der Waals surface area contributed by atoms with Crippen molar-refractivity contribution in [1.29, 1.82) is 0 Å². The molecule has 2 aliphatic heterocycles. The van der Waals surface area contributed by atoms with Crippen LogP contribution in [0, 0.1) is 0 Å². The number of carbonyl (C=O) groups is 1. The van der Waals surface area contributed by atoms with Crippen molar-refractivity contribution in [2.45, 2.75) is 31.2 Å². The molecule has 3 rings (SSSR count). The lowest BCUT2D eigenvalue weighted by atomic mass is 10.2. The largest absolute Gasteiger partial charge is 0.312 e. The molecule has 7 heteroatoms. The fourth-order valence-corrected chi connectivity index (χ4v) is 4.81. The number of hydrogen-bond donors (Lipinski definition) is 0. The van der Waals surface area contributed by atoms with E-state index >= 15 is 0 Å². The molecule has 0 spiro atoms. The Kier molecular flexibility index (Phi) is 4.20. The van der Waals surface area contributed by atoms with Gasteiger partial charge in [-0.1, -0.05) is 0 Å². The van der Waals surface area contributed by atoms with Crippen LogP contribution >= 0.6 is 0 Å². The second kappa shape index (κ2) is 5.89. The molecule has 1 unspecified atom stereocenters. The van der Waals surface area contributed by atoms with E-state index in [0.717, 1.165) is 17.8 Å². The van der Waals surface area contributed by atoms with Crippen molar-refractivity contribution in [1.82, 2.24) is 9.21 Å². The van der Waals surface area contributed by atoms with Crippen molar-refractivity contribution in [2.24, 2.45) is 0 Å². The van der Waals surface area contributed by atoms with Gasteiger partial charge in [0.2, 0.25) is 15.9 Å². The van der Waals surface area contributed by atoms with E-state index in [0.29, 0.717) is 31.0 Å². The number of amides is 1. The molecule has 1 aromatic carbocycles. The van der Waals surface area contributed by atoms with Gasteiger partial charge in [0.1, 0.15) is 0 Å².